The largest absolute Gasteiger partial charge is 0.391 e. The summed E-state index contributed by atoms with van der Waals surface area (Å²) in [5, 5.41) is 11.7. The molecular weight excluding hydrogens is 238 g/mol. The predicted octanol–water partition coefficient (Wildman–Crippen LogP) is -0.128. The van der Waals surface area contributed by atoms with Gasteiger partial charge in [-0.1, -0.05) is 0 Å². The molecule has 0 spiro atoms. The highest BCUT2D eigenvalue weighted by molar-refractivity contribution is 5.87. The Morgan fingerprint density at radius 2 is 2.39 bits per heavy atom. The maximum atomic E-state index is 11.8. The molecular formula is C11H15N3O4. The van der Waals surface area contributed by atoms with Crippen LogP contribution in [-0.4, -0.2) is 33.3 Å². The summed E-state index contributed by atoms with van der Waals surface area (Å²) in [7, 11) is 0. The van der Waals surface area contributed by atoms with E-state index in [0.29, 0.717) is 12.8 Å². The molecule has 98 valence electrons. The lowest BCUT2D eigenvalue weighted by atomic mass is 10.1. The fraction of sp³-hybridized carbons (Fsp3) is 0.545. The standard InChI is InChI=1S/C11H15N3O4/c1-7(15)12-9-4-5-14(11(17)13-9)10-3-2-8(16)6-18-10/h4-5,8,10,16H,2-3,6H2,1H3,(H,12,13,15,17)/t8-,10+/m0/s1. The van der Waals surface area contributed by atoms with E-state index in [1.54, 1.807) is 0 Å². The van der Waals surface area contributed by atoms with Crippen LogP contribution in [0.3, 0.4) is 0 Å². The molecule has 7 nitrogen and oxygen atoms in total. The van der Waals surface area contributed by atoms with Gasteiger partial charge < -0.3 is 15.2 Å². The lowest BCUT2D eigenvalue weighted by Gasteiger charge is -2.27. The number of nitrogens with one attached hydrogen (secondary N) is 1. The number of aliphatic hydroxyl groups is 1. The van der Waals surface area contributed by atoms with Gasteiger partial charge in [-0.25, -0.2) is 4.79 Å². The molecule has 2 N–H and O–H groups in total. The smallest absolute Gasteiger partial charge is 0.351 e. The first-order valence-corrected chi connectivity index (χ1v) is 5.72. The quantitative estimate of drug-likeness (QED) is 0.766. The molecule has 0 unspecified atom stereocenters. The lowest BCUT2D eigenvalue weighted by molar-refractivity contribution is -0.114. The van der Waals surface area contributed by atoms with Crippen LogP contribution in [0.1, 0.15) is 26.0 Å². The summed E-state index contributed by atoms with van der Waals surface area (Å²) >= 11 is 0. The van der Waals surface area contributed by atoms with Gasteiger partial charge in [-0.15, -0.1) is 0 Å². The van der Waals surface area contributed by atoms with Crippen molar-refractivity contribution in [2.75, 3.05) is 11.9 Å². The molecule has 2 atom stereocenters. The van der Waals surface area contributed by atoms with Gasteiger partial charge in [0.25, 0.3) is 0 Å². The SMILES string of the molecule is CC(=O)Nc1ccn([C@H]2CC[C@H](O)CO2)c(=O)n1. The number of carbonyl (C=O) groups is 1. The van der Waals surface area contributed by atoms with Gasteiger partial charge in [-0.05, 0) is 18.9 Å². The molecule has 0 radical (unpaired) electrons. The van der Waals surface area contributed by atoms with E-state index >= 15 is 0 Å². The number of hydrogen-bond donors (Lipinski definition) is 2. The van der Waals surface area contributed by atoms with Gasteiger partial charge in [0, 0.05) is 13.1 Å². The van der Waals surface area contributed by atoms with Gasteiger partial charge in [-0.2, -0.15) is 4.98 Å². The molecule has 1 amide bonds. The van der Waals surface area contributed by atoms with Crippen molar-refractivity contribution in [3.63, 3.8) is 0 Å². The average molecular weight is 253 g/mol. The molecule has 2 heterocycles. The van der Waals surface area contributed by atoms with Crippen LogP contribution in [0.4, 0.5) is 5.82 Å². The molecule has 1 aromatic rings. The summed E-state index contributed by atoms with van der Waals surface area (Å²) in [6.45, 7) is 1.56. The summed E-state index contributed by atoms with van der Waals surface area (Å²) in [5.41, 5.74) is -0.484. The highest BCUT2D eigenvalue weighted by Gasteiger charge is 2.22. The van der Waals surface area contributed by atoms with Crippen molar-refractivity contribution in [3.05, 3.63) is 22.7 Å². The van der Waals surface area contributed by atoms with Crippen LogP contribution in [-0.2, 0) is 9.53 Å². The van der Waals surface area contributed by atoms with Crippen LogP contribution in [0.15, 0.2) is 17.1 Å². The number of anilines is 1. The van der Waals surface area contributed by atoms with Crippen LogP contribution in [0.25, 0.3) is 0 Å². The molecule has 1 aliphatic rings. The fourth-order valence-electron chi connectivity index (χ4n) is 1.83. The molecule has 1 fully saturated rings. The van der Waals surface area contributed by atoms with Gasteiger partial charge >= 0.3 is 5.69 Å². The van der Waals surface area contributed by atoms with E-state index in [-0.39, 0.29) is 18.3 Å². The van der Waals surface area contributed by atoms with Crippen molar-refractivity contribution in [1.29, 1.82) is 0 Å². The average Bonchev–Trinajstić information content (AvgIpc) is 2.30. The second-order valence-electron chi connectivity index (χ2n) is 4.20. The van der Waals surface area contributed by atoms with Crippen molar-refractivity contribution >= 4 is 11.7 Å². The Morgan fingerprint density at radius 3 is 2.94 bits per heavy atom. The number of aromatic nitrogens is 2. The van der Waals surface area contributed by atoms with E-state index < -0.39 is 18.0 Å². The van der Waals surface area contributed by atoms with E-state index in [9.17, 15) is 14.7 Å². The van der Waals surface area contributed by atoms with Crippen molar-refractivity contribution in [2.24, 2.45) is 0 Å². The Hall–Kier alpha value is -1.73. The number of aliphatic hydroxyl groups excluding tert-OH is 1. The van der Waals surface area contributed by atoms with Gasteiger partial charge in [0.05, 0.1) is 12.7 Å². The second-order valence-corrected chi connectivity index (χ2v) is 4.20. The molecule has 1 aliphatic heterocycles. The lowest BCUT2D eigenvalue weighted by Crippen LogP contribution is -2.34. The maximum Gasteiger partial charge on any atom is 0.351 e. The molecule has 1 saturated heterocycles. The topological polar surface area (TPSA) is 93.5 Å². The summed E-state index contributed by atoms with van der Waals surface area (Å²) in [4.78, 5) is 26.3. The minimum atomic E-state index is -0.484. The number of hydrogen-bond acceptors (Lipinski definition) is 5. The van der Waals surface area contributed by atoms with Crippen LogP contribution in [0.5, 0.6) is 0 Å². The molecule has 18 heavy (non-hydrogen) atoms. The molecule has 7 heteroatoms. The van der Waals surface area contributed by atoms with Gasteiger partial charge in [0.1, 0.15) is 12.0 Å². The van der Waals surface area contributed by atoms with Gasteiger partial charge in [0.2, 0.25) is 5.91 Å². The number of ether oxygens (including phenoxy) is 1. The Labute approximate surface area is 103 Å². The first-order chi connectivity index (χ1) is 8.56. The molecule has 0 saturated carbocycles. The Morgan fingerprint density at radius 1 is 1.61 bits per heavy atom. The van der Waals surface area contributed by atoms with Crippen LogP contribution >= 0.6 is 0 Å². The number of rotatable bonds is 2. The van der Waals surface area contributed by atoms with E-state index in [2.05, 4.69) is 10.3 Å². The Kier molecular flexibility index (Phi) is 3.73. The number of amides is 1. The fourth-order valence-corrected chi connectivity index (χ4v) is 1.83. The normalized spacial score (nSPS) is 23.7. The molecule has 2 rings (SSSR count). The molecule has 1 aromatic heterocycles. The zero-order valence-electron chi connectivity index (χ0n) is 10.00. The third kappa shape index (κ3) is 2.93. The second kappa shape index (κ2) is 5.28. The first kappa shape index (κ1) is 12.7. The zero-order valence-corrected chi connectivity index (χ0v) is 10.00. The van der Waals surface area contributed by atoms with E-state index in [4.69, 9.17) is 4.74 Å². The van der Waals surface area contributed by atoms with Gasteiger partial charge in [0.15, 0.2) is 0 Å². The van der Waals surface area contributed by atoms with Crippen molar-refractivity contribution < 1.29 is 14.6 Å². The van der Waals surface area contributed by atoms with Crippen LogP contribution in [0.2, 0.25) is 0 Å². The van der Waals surface area contributed by atoms with Gasteiger partial charge in [-0.3, -0.25) is 9.36 Å². The van der Waals surface area contributed by atoms with E-state index in [0.717, 1.165) is 0 Å². The zero-order chi connectivity index (χ0) is 13.1. The van der Waals surface area contributed by atoms with E-state index in [1.165, 1.54) is 23.8 Å². The minimum absolute atomic E-state index is 0.213. The maximum absolute atomic E-state index is 11.8. The van der Waals surface area contributed by atoms with Crippen LogP contribution in [0, 0.1) is 0 Å². The summed E-state index contributed by atoms with van der Waals surface area (Å²) in [6, 6.07) is 1.54. The molecule has 0 aromatic carbocycles. The number of carbonyl (C=O) groups excluding carboxylic acids is 1. The Bertz CT molecular complexity index is 491. The van der Waals surface area contributed by atoms with Crippen molar-refractivity contribution in [3.8, 4) is 0 Å². The van der Waals surface area contributed by atoms with E-state index in [1.807, 2.05) is 0 Å². The van der Waals surface area contributed by atoms with Crippen molar-refractivity contribution in [2.45, 2.75) is 32.1 Å². The third-order valence-corrected chi connectivity index (χ3v) is 2.67. The van der Waals surface area contributed by atoms with Crippen LogP contribution < -0.4 is 11.0 Å². The number of nitrogens with zero attached hydrogens (tertiary/aromatic N) is 2. The van der Waals surface area contributed by atoms with Crippen molar-refractivity contribution in [1.82, 2.24) is 9.55 Å². The third-order valence-electron chi connectivity index (χ3n) is 2.67. The highest BCUT2D eigenvalue weighted by atomic mass is 16.5. The Balaban J connectivity index is 2.15. The summed E-state index contributed by atoms with van der Waals surface area (Å²) in [6.07, 6.45) is 1.80. The first-order valence-electron chi connectivity index (χ1n) is 5.72. The monoisotopic (exact) mass is 253 g/mol. The predicted molar refractivity (Wildman–Crippen MR) is 63.0 cm³/mol. The molecule has 0 aliphatic carbocycles. The highest BCUT2D eigenvalue weighted by Crippen LogP contribution is 2.21. The minimum Gasteiger partial charge on any atom is -0.391 e. The summed E-state index contributed by atoms with van der Waals surface area (Å²) in [5.74, 6) is -0.0590. The summed E-state index contributed by atoms with van der Waals surface area (Å²) < 4.78 is 6.72. The molecule has 0 bridgehead atoms.